The molecule has 1 amide bonds. The molecular weight excluding hydrogens is 152 g/mol. The maximum atomic E-state index is 10.7. The van der Waals surface area contributed by atoms with Crippen LogP contribution in [0.3, 0.4) is 0 Å². The van der Waals surface area contributed by atoms with Gasteiger partial charge in [0.25, 0.3) is 0 Å². The first-order chi connectivity index (χ1) is 5.43. The van der Waals surface area contributed by atoms with Crippen LogP contribution in [0, 0.1) is 5.92 Å². The molecule has 0 bridgehead atoms. The lowest BCUT2D eigenvalue weighted by Gasteiger charge is -2.23. The molecule has 0 aliphatic heterocycles. The quantitative estimate of drug-likeness (QED) is 0.677. The first kappa shape index (κ1) is 11.4. The highest BCUT2D eigenvalue weighted by atomic mass is 16.1. The lowest BCUT2D eigenvalue weighted by Crippen LogP contribution is -2.39. The molecule has 0 aromatic carbocycles. The molecule has 1 N–H and O–H groups in total. The van der Waals surface area contributed by atoms with Gasteiger partial charge in [0.2, 0.25) is 5.91 Å². The zero-order valence-electron chi connectivity index (χ0n) is 8.72. The average Bonchev–Trinajstić information content (AvgIpc) is 1.84. The Morgan fingerprint density at radius 1 is 1.42 bits per heavy atom. The van der Waals surface area contributed by atoms with Crippen molar-refractivity contribution in [2.75, 3.05) is 20.6 Å². The van der Waals surface area contributed by atoms with Crippen LogP contribution in [0.2, 0.25) is 0 Å². The Kier molecular flexibility index (Phi) is 4.90. The summed E-state index contributed by atoms with van der Waals surface area (Å²) in [7, 11) is 4.08. The maximum Gasteiger partial charge on any atom is 0.217 e. The molecular formula is C9H20N2O. The first-order valence-electron chi connectivity index (χ1n) is 4.35. The highest BCUT2D eigenvalue weighted by molar-refractivity contribution is 5.73. The number of carbonyl (C=O) groups excluding carboxylic acids is 1. The lowest BCUT2D eigenvalue weighted by atomic mass is 10.0. The van der Waals surface area contributed by atoms with Crippen LogP contribution in [0.1, 0.15) is 20.8 Å². The minimum atomic E-state index is 0.0492. The fraction of sp³-hybridized carbons (Fsp3) is 0.889. The Bertz CT molecular complexity index is 145. The number of rotatable bonds is 4. The molecule has 0 heterocycles. The van der Waals surface area contributed by atoms with Crippen LogP contribution < -0.4 is 5.32 Å². The Balaban J connectivity index is 3.76. The van der Waals surface area contributed by atoms with Crippen molar-refractivity contribution < 1.29 is 4.79 Å². The van der Waals surface area contributed by atoms with Gasteiger partial charge in [-0.05, 0) is 26.9 Å². The van der Waals surface area contributed by atoms with Crippen LogP contribution in [0.15, 0.2) is 0 Å². The first-order valence-corrected chi connectivity index (χ1v) is 4.35. The topological polar surface area (TPSA) is 32.3 Å². The number of carbonyl (C=O) groups is 1. The van der Waals surface area contributed by atoms with E-state index in [0.717, 1.165) is 6.54 Å². The summed E-state index contributed by atoms with van der Waals surface area (Å²) in [6.45, 7) is 6.73. The second-order valence-electron chi connectivity index (χ2n) is 3.73. The van der Waals surface area contributed by atoms with Gasteiger partial charge in [0.1, 0.15) is 0 Å². The van der Waals surface area contributed by atoms with Crippen LogP contribution in [-0.4, -0.2) is 37.5 Å². The average molecular weight is 172 g/mol. The van der Waals surface area contributed by atoms with E-state index in [1.807, 2.05) is 21.0 Å². The third kappa shape index (κ3) is 5.13. The van der Waals surface area contributed by atoms with Gasteiger partial charge < -0.3 is 10.2 Å². The third-order valence-electron chi connectivity index (χ3n) is 1.94. The third-order valence-corrected chi connectivity index (χ3v) is 1.94. The summed E-state index contributed by atoms with van der Waals surface area (Å²) in [5, 5.41) is 2.88. The van der Waals surface area contributed by atoms with Crippen molar-refractivity contribution in [3.63, 3.8) is 0 Å². The number of hydrogen-bond acceptors (Lipinski definition) is 2. The highest BCUT2D eigenvalue weighted by Gasteiger charge is 2.12. The SMILES string of the molecule is CC(=O)N[C@@H](C)[C@@H](C)CN(C)C. The highest BCUT2D eigenvalue weighted by Crippen LogP contribution is 2.02. The number of nitrogens with zero attached hydrogens (tertiary/aromatic N) is 1. The van der Waals surface area contributed by atoms with Crippen LogP contribution in [0.5, 0.6) is 0 Å². The molecule has 12 heavy (non-hydrogen) atoms. The zero-order valence-corrected chi connectivity index (χ0v) is 8.72. The zero-order chi connectivity index (χ0) is 9.72. The molecule has 0 saturated heterocycles. The molecule has 0 rings (SSSR count). The molecule has 0 aromatic heterocycles. The van der Waals surface area contributed by atoms with Gasteiger partial charge in [-0.3, -0.25) is 4.79 Å². The molecule has 0 saturated carbocycles. The second kappa shape index (κ2) is 5.14. The van der Waals surface area contributed by atoms with Gasteiger partial charge >= 0.3 is 0 Å². The molecule has 0 aromatic rings. The minimum absolute atomic E-state index is 0.0492. The number of nitrogens with one attached hydrogen (secondary N) is 1. The van der Waals surface area contributed by atoms with E-state index in [1.165, 1.54) is 0 Å². The summed E-state index contributed by atoms with van der Waals surface area (Å²) in [5.74, 6) is 0.539. The van der Waals surface area contributed by atoms with Crippen molar-refractivity contribution in [3.05, 3.63) is 0 Å². The summed E-state index contributed by atoms with van der Waals surface area (Å²) in [5.41, 5.74) is 0. The van der Waals surface area contributed by atoms with Crippen LogP contribution >= 0.6 is 0 Å². The maximum absolute atomic E-state index is 10.7. The van der Waals surface area contributed by atoms with Crippen LogP contribution in [-0.2, 0) is 4.79 Å². The smallest absolute Gasteiger partial charge is 0.217 e. The standard InChI is InChI=1S/C9H20N2O/c1-7(6-11(4)5)8(2)10-9(3)12/h7-8H,6H2,1-5H3,(H,10,12)/t7-,8-/m0/s1. The predicted molar refractivity (Wildman–Crippen MR) is 51.0 cm³/mol. The van der Waals surface area contributed by atoms with Gasteiger partial charge in [-0.15, -0.1) is 0 Å². The summed E-state index contributed by atoms with van der Waals surface area (Å²) >= 11 is 0. The van der Waals surface area contributed by atoms with E-state index in [9.17, 15) is 4.79 Å². The van der Waals surface area contributed by atoms with E-state index < -0.39 is 0 Å². The van der Waals surface area contributed by atoms with Crippen LogP contribution in [0.4, 0.5) is 0 Å². The molecule has 0 spiro atoms. The molecule has 0 fully saturated rings. The normalized spacial score (nSPS) is 15.8. The van der Waals surface area contributed by atoms with Crippen molar-refractivity contribution in [1.29, 1.82) is 0 Å². The lowest BCUT2D eigenvalue weighted by molar-refractivity contribution is -0.119. The van der Waals surface area contributed by atoms with Crippen molar-refractivity contribution in [2.24, 2.45) is 5.92 Å². The van der Waals surface area contributed by atoms with Crippen molar-refractivity contribution in [3.8, 4) is 0 Å². The Morgan fingerprint density at radius 3 is 2.25 bits per heavy atom. The second-order valence-corrected chi connectivity index (χ2v) is 3.73. The minimum Gasteiger partial charge on any atom is -0.354 e. The Morgan fingerprint density at radius 2 is 1.92 bits per heavy atom. The van der Waals surface area contributed by atoms with E-state index in [4.69, 9.17) is 0 Å². The monoisotopic (exact) mass is 172 g/mol. The van der Waals surface area contributed by atoms with E-state index in [0.29, 0.717) is 5.92 Å². The molecule has 2 atom stereocenters. The van der Waals surface area contributed by atoms with Gasteiger partial charge in [0, 0.05) is 19.5 Å². The van der Waals surface area contributed by atoms with E-state index >= 15 is 0 Å². The Hall–Kier alpha value is -0.570. The predicted octanol–water partition coefficient (Wildman–Crippen LogP) is 0.709. The molecule has 0 radical (unpaired) electrons. The van der Waals surface area contributed by atoms with Gasteiger partial charge in [-0.25, -0.2) is 0 Å². The van der Waals surface area contributed by atoms with Crippen molar-refractivity contribution >= 4 is 5.91 Å². The van der Waals surface area contributed by atoms with Crippen molar-refractivity contribution in [1.82, 2.24) is 10.2 Å². The van der Waals surface area contributed by atoms with Gasteiger partial charge in [0.05, 0.1) is 0 Å². The van der Waals surface area contributed by atoms with Gasteiger partial charge in [0.15, 0.2) is 0 Å². The van der Waals surface area contributed by atoms with Crippen LogP contribution in [0.25, 0.3) is 0 Å². The van der Waals surface area contributed by atoms with Gasteiger partial charge in [-0.1, -0.05) is 6.92 Å². The fourth-order valence-electron chi connectivity index (χ4n) is 1.20. The molecule has 0 unspecified atom stereocenters. The van der Waals surface area contributed by atoms with E-state index in [2.05, 4.69) is 17.1 Å². The summed E-state index contributed by atoms with van der Waals surface area (Å²) in [4.78, 5) is 12.8. The summed E-state index contributed by atoms with van der Waals surface area (Å²) in [6, 6.07) is 0.255. The fourth-order valence-corrected chi connectivity index (χ4v) is 1.20. The summed E-state index contributed by atoms with van der Waals surface area (Å²) < 4.78 is 0. The van der Waals surface area contributed by atoms with Gasteiger partial charge in [-0.2, -0.15) is 0 Å². The molecule has 3 nitrogen and oxygen atoms in total. The van der Waals surface area contributed by atoms with E-state index in [-0.39, 0.29) is 11.9 Å². The Labute approximate surface area is 75.1 Å². The number of amides is 1. The molecule has 72 valence electrons. The molecule has 0 aliphatic rings. The van der Waals surface area contributed by atoms with Crippen molar-refractivity contribution in [2.45, 2.75) is 26.8 Å². The summed E-state index contributed by atoms with van der Waals surface area (Å²) in [6.07, 6.45) is 0. The molecule has 0 aliphatic carbocycles. The van der Waals surface area contributed by atoms with E-state index in [1.54, 1.807) is 6.92 Å². The number of hydrogen-bond donors (Lipinski definition) is 1. The largest absolute Gasteiger partial charge is 0.354 e. The molecule has 3 heteroatoms.